The number of nitrogens with zero attached hydrogens (tertiary/aromatic N) is 3. The number of carbonyl (C=O) groups is 1. The van der Waals surface area contributed by atoms with Gasteiger partial charge in [0.1, 0.15) is 10.7 Å². The third-order valence-corrected chi connectivity index (χ3v) is 8.78. The molecule has 4 aromatic rings. The molecule has 0 unspecified atom stereocenters. The van der Waals surface area contributed by atoms with Gasteiger partial charge < -0.3 is 19.5 Å². The topological polar surface area (TPSA) is 76.2 Å². The molecule has 3 heterocycles. The highest BCUT2D eigenvalue weighted by Gasteiger charge is 2.20. The van der Waals surface area contributed by atoms with E-state index in [0.29, 0.717) is 18.8 Å². The van der Waals surface area contributed by atoms with Crippen LogP contribution in [0.3, 0.4) is 0 Å². The number of rotatable bonds is 13. The summed E-state index contributed by atoms with van der Waals surface area (Å²) in [5.74, 6) is 1.72. The maximum atomic E-state index is 12.9. The Morgan fingerprint density at radius 3 is 2.40 bits per heavy atom. The predicted octanol–water partition coefficient (Wildman–Crippen LogP) is 5.16. The molecule has 0 radical (unpaired) electrons. The van der Waals surface area contributed by atoms with Gasteiger partial charge in [-0.2, -0.15) is 0 Å². The van der Waals surface area contributed by atoms with Crippen molar-refractivity contribution >= 4 is 17.2 Å². The van der Waals surface area contributed by atoms with Crippen molar-refractivity contribution in [1.82, 2.24) is 20.1 Å². The van der Waals surface area contributed by atoms with Crippen LogP contribution >= 0.6 is 11.3 Å². The summed E-state index contributed by atoms with van der Waals surface area (Å²) < 4.78 is 16.6. The maximum absolute atomic E-state index is 12.9. The summed E-state index contributed by atoms with van der Waals surface area (Å²) in [5.41, 5.74) is 4.25. The maximum Gasteiger partial charge on any atom is 0.270 e. The van der Waals surface area contributed by atoms with Crippen molar-refractivity contribution in [1.29, 1.82) is 0 Å². The second-order valence-corrected chi connectivity index (χ2v) is 11.8. The van der Waals surface area contributed by atoms with Crippen molar-refractivity contribution in [3.05, 3.63) is 112 Å². The first-order valence-electron chi connectivity index (χ1n) is 14.9. The van der Waals surface area contributed by atoms with Crippen LogP contribution < -0.4 is 14.8 Å². The molecule has 6 rings (SSSR count). The van der Waals surface area contributed by atoms with E-state index < -0.39 is 0 Å². The Morgan fingerprint density at radius 1 is 0.930 bits per heavy atom. The summed E-state index contributed by atoms with van der Waals surface area (Å²) >= 11 is 1.54. The number of morpholine rings is 1. The van der Waals surface area contributed by atoms with Gasteiger partial charge in [-0.05, 0) is 41.8 Å². The first-order chi connectivity index (χ1) is 21.2. The number of carbonyl (C=O) groups excluding carboxylic acids is 1. The highest BCUT2D eigenvalue weighted by Crippen LogP contribution is 2.33. The number of aromatic nitrogens is 1. The number of benzene rings is 3. The number of thiazole rings is 1. The monoisotopic (exact) mass is 598 g/mol. The molecule has 3 aromatic carbocycles. The molecule has 0 aliphatic carbocycles. The zero-order chi connectivity index (χ0) is 29.3. The zero-order valence-electron chi connectivity index (χ0n) is 24.3. The van der Waals surface area contributed by atoms with E-state index in [9.17, 15) is 4.79 Å². The van der Waals surface area contributed by atoms with E-state index in [0.717, 1.165) is 74.4 Å². The van der Waals surface area contributed by atoms with Gasteiger partial charge >= 0.3 is 0 Å². The van der Waals surface area contributed by atoms with Crippen LogP contribution in [0, 0.1) is 0 Å². The van der Waals surface area contributed by atoms with Gasteiger partial charge in [0.05, 0.1) is 19.8 Å². The van der Waals surface area contributed by atoms with Crippen molar-refractivity contribution < 1.29 is 19.0 Å². The number of amides is 1. The molecule has 8 nitrogen and oxygen atoms in total. The molecule has 0 bridgehead atoms. The normalized spacial score (nSPS) is 14.8. The minimum atomic E-state index is -0.119. The van der Waals surface area contributed by atoms with E-state index in [2.05, 4.69) is 87.9 Å². The predicted molar refractivity (Wildman–Crippen MR) is 168 cm³/mol. The van der Waals surface area contributed by atoms with Crippen LogP contribution in [0.15, 0.2) is 84.2 Å². The standard InChI is InChI=1S/C34H38N4O4S/c39-34(35-14-16-37-17-19-40-20-18-37)30-24-43-33(36-30)23-38(22-26-11-12-31-32(21-26)42-25-41-31)15-13-29(27-7-3-1-4-8-27)28-9-5-2-6-10-28/h1-12,21,24,29H,13-20,22-23,25H2,(H,35,39). The summed E-state index contributed by atoms with van der Waals surface area (Å²) in [4.78, 5) is 22.3. The molecule has 43 heavy (non-hydrogen) atoms. The van der Waals surface area contributed by atoms with Gasteiger partial charge in [0.2, 0.25) is 6.79 Å². The van der Waals surface area contributed by atoms with E-state index in [-0.39, 0.29) is 18.6 Å². The van der Waals surface area contributed by atoms with Crippen LogP contribution in [0.4, 0.5) is 0 Å². The largest absolute Gasteiger partial charge is 0.454 e. The minimum Gasteiger partial charge on any atom is -0.454 e. The van der Waals surface area contributed by atoms with Gasteiger partial charge in [-0.3, -0.25) is 14.6 Å². The van der Waals surface area contributed by atoms with Gasteiger partial charge in [-0.15, -0.1) is 11.3 Å². The summed E-state index contributed by atoms with van der Waals surface area (Å²) in [6.45, 7) is 7.23. The fraction of sp³-hybridized carbons (Fsp3) is 0.353. The summed E-state index contributed by atoms with van der Waals surface area (Å²) in [6.07, 6.45) is 0.943. The van der Waals surface area contributed by atoms with Crippen LogP contribution in [0.5, 0.6) is 11.5 Å². The molecule has 0 saturated carbocycles. The second-order valence-electron chi connectivity index (χ2n) is 10.9. The molecule has 0 atom stereocenters. The van der Waals surface area contributed by atoms with Gasteiger partial charge in [0, 0.05) is 44.0 Å². The lowest BCUT2D eigenvalue weighted by atomic mass is 9.88. The smallest absolute Gasteiger partial charge is 0.270 e. The summed E-state index contributed by atoms with van der Waals surface area (Å²) in [5, 5.41) is 5.83. The lowest BCUT2D eigenvalue weighted by Crippen LogP contribution is -2.41. The number of fused-ring (bicyclic) bond motifs is 1. The van der Waals surface area contributed by atoms with Gasteiger partial charge in [0.15, 0.2) is 11.5 Å². The molecule has 1 N–H and O–H groups in total. The fourth-order valence-corrected chi connectivity index (χ4v) is 6.46. The fourth-order valence-electron chi connectivity index (χ4n) is 5.64. The third-order valence-electron chi connectivity index (χ3n) is 7.94. The SMILES string of the molecule is O=C(NCCN1CCOCC1)c1csc(CN(CCC(c2ccccc2)c2ccccc2)Cc2ccc3c(c2)OCO3)n1. The molecule has 9 heteroatoms. The van der Waals surface area contributed by atoms with E-state index in [1.54, 1.807) is 11.3 Å². The molecule has 1 saturated heterocycles. The molecule has 224 valence electrons. The zero-order valence-corrected chi connectivity index (χ0v) is 25.1. The highest BCUT2D eigenvalue weighted by atomic mass is 32.1. The van der Waals surface area contributed by atoms with Gasteiger partial charge in [0.25, 0.3) is 5.91 Å². The van der Waals surface area contributed by atoms with Gasteiger partial charge in [-0.1, -0.05) is 66.7 Å². The molecule has 1 amide bonds. The van der Waals surface area contributed by atoms with Crippen LogP contribution in [-0.4, -0.2) is 73.4 Å². The lowest BCUT2D eigenvalue weighted by Gasteiger charge is -2.26. The average Bonchev–Trinajstić information content (AvgIpc) is 3.72. The molecule has 0 spiro atoms. The lowest BCUT2D eigenvalue weighted by molar-refractivity contribution is 0.0383. The first-order valence-corrected chi connectivity index (χ1v) is 15.8. The van der Waals surface area contributed by atoms with Crippen molar-refractivity contribution in [3.63, 3.8) is 0 Å². The van der Waals surface area contributed by atoms with Crippen LogP contribution in [0.2, 0.25) is 0 Å². The Bertz CT molecular complexity index is 1420. The highest BCUT2D eigenvalue weighted by molar-refractivity contribution is 7.09. The number of hydrogen-bond acceptors (Lipinski definition) is 8. The van der Waals surface area contributed by atoms with E-state index in [1.807, 2.05) is 11.4 Å². The third kappa shape index (κ3) is 8.00. The average molecular weight is 599 g/mol. The van der Waals surface area contributed by atoms with Crippen LogP contribution in [0.1, 0.15) is 44.5 Å². The summed E-state index contributed by atoms with van der Waals surface area (Å²) in [6, 6.07) is 27.6. The molecular weight excluding hydrogens is 560 g/mol. The van der Waals surface area contributed by atoms with E-state index in [1.165, 1.54) is 11.1 Å². The second kappa shape index (κ2) is 14.6. The Kier molecular flexibility index (Phi) is 9.96. The number of hydrogen-bond donors (Lipinski definition) is 1. The van der Waals surface area contributed by atoms with Crippen molar-refractivity contribution in [2.45, 2.75) is 25.4 Å². The van der Waals surface area contributed by atoms with Crippen molar-refractivity contribution in [3.8, 4) is 11.5 Å². The summed E-state index contributed by atoms with van der Waals surface area (Å²) in [7, 11) is 0. The van der Waals surface area contributed by atoms with Crippen LogP contribution in [0.25, 0.3) is 0 Å². The molecule has 1 fully saturated rings. The van der Waals surface area contributed by atoms with E-state index >= 15 is 0 Å². The molecule has 2 aliphatic rings. The Labute approximate surface area is 257 Å². The van der Waals surface area contributed by atoms with Crippen LogP contribution in [-0.2, 0) is 17.8 Å². The number of ether oxygens (including phenoxy) is 3. The molecule has 2 aliphatic heterocycles. The van der Waals surface area contributed by atoms with E-state index in [4.69, 9.17) is 19.2 Å². The first kappa shape index (κ1) is 29.3. The van der Waals surface area contributed by atoms with Gasteiger partial charge in [-0.25, -0.2) is 4.98 Å². The Balaban J connectivity index is 1.14. The molecule has 1 aromatic heterocycles. The quantitative estimate of drug-likeness (QED) is 0.228. The minimum absolute atomic E-state index is 0.119. The Morgan fingerprint density at radius 2 is 1.65 bits per heavy atom. The molecular formula is C34H38N4O4S. The Hall–Kier alpha value is -3.76. The van der Waals surface area contributed by atoms with Crippen molar-refractivity contribution in [2.24, 2.45) is 0 Å². The number of nitrogens with one attached hydrogen (secondary N) is 1. The van der Waals surface area contributed by atoms with Crippen molar-refractivity contribution in [2.75, 3.05) is 52.7 Å².